The van der Waals surface area contributed by atoms with Crippen LogP contribution < -0.4 is 0 Å². The van der Waals surface area contributed by atoms with Gasteiger partial charge in [-0.2, -0.15) is 0 Å². The molecule has 0 aromatic rings. The fraction of sp³-hybridized carbons (Fsp3) is 0.786. The topological polar surface area (TPSA) is 37.3 Å². The zero-order chi connectivity index (χ0) is 12.1. The number of carbonyl (C=O) groups is 1. The van der Waals surface area contributed by atoms with Gasteiger partial charge in [0, 0.05) is 6.42 Å². The van der Waals surface area contributed by atoms with E-state index in [1.807, 2.05) is 0 Å². The van der Waals surface area contributed by atoms with E-state index in [1.54, 1.807) is 0 Å². The smallest absolute Gasteiger partial charge is 0.303 e. The number of carboxylic acid groups (broad SMARTS) is 1. The SMILES string of the molecule is CCCC=CCCCCCCCCC(=O)O. The molecule has 94 valence electrons. The van der Waals surface area contributed by atoms with Crippen molar-refractivity contribution in [3.63, 3.8) is 0 Å². The highest BCUT2D eigenvalue weighted by molar-refractivity contribution is 5.66. The highest BCUT2D eigenvalue weighted by Gasteiger charge is 1.95. The lowest BCUT2D eigenvalue weighted by Crippen LogP contribution is -1.93. The summed E-state index contributed by atoms with van der Waals surface area (Å²) in [6.07, 6.45) is 15.4. The van der Waals surface area contributed by atoms with Gasteiger partial charge in [-0.1, -0.05) is 51.2 Å². The minimum Gasteiger partial charge on any atom is -0.481 e. The highest BCUT2D eigenvalue weighted by atomic mass is 16.4. The van der Waals surface area contributed by atoms with Crippen molar-refractivity contribution < 1.29 is 9.90 Å². The Kier molecular flexibility index (Phi) is 11.7. The summed E-state index contributed by atoms with van der Waals surface area (Å²) in [6, 6.07) is 0. The Morgan fingerprint density at radius 3 is 2.12 bits per heavy atom. The third-order valence-corrected chi connectivity index (χ3v) is 2.63. The van der Waals surface area contributed by atoms with Crippen molar-refractivity contribution in [1.29, 1.82) is 0 Å². The molecule has 0 aliphatic rings. The van der Waals surface area contributed by atoms with Gasteiger partial charge < -0.3 is 5.11 Å². The van der Waals surface area contributed by atoms with Gasteiger partial charge in [0.1, 0.15) is 0 Å². The zero-order valence-electron chi connectivity index (χ0n) is 10.6. The summed E-state index contributed by atoms with van der Waals surface area (Å²) >= 11 is 0. The molecule has 1 N–H and O–H groups in total. The Morgan fingerprint density at radius 1 is 0.938 bits per heavy atom. The number of rotatable bonds is 11. The standard InChI is InChI=1S/C14H26O2/c1-2-3-4-5-6-7-8-9-10-11-12-13-14(15)16/h4-5H,2-3,6-13H2,1H3,(H,15,16). The Balaban J connectivity index is 3.01. The molecule has 0 heterocycles. The largest absolute Gasteiger partial charge is 0.481 e. The lowest BCUT2D eigenvalue weighted by Gasteiger charge is -1.99. The van der Waals surface area contributed by atoms with Crippen LogP contribution in [-0.2, 0) is 4.79 Å². The van der Waals surface area contributed by atoms with E-state index in [0.717, 1.165) is 12.8 Å². The van der Waals surface area contributed by atoms with Crippen LogP contribution in [0.4, 0.5) is 0 Å². The molecule has 0 spiro atoms. The van der Waals surface area contributed by atoms with Crippen LogP contribution in [0.15, 0.2) is 12.2 Å². The number of hydrogen-bond acceptors (Lipinski definition) is 1. The normalized spacial score (nSPS) is 11.1. The van der Waals surface area contributed by atoms with Crippen molar-refractivity contribution in [1.82, 2.24) is 0 Å². The Hall–Kier alpha value is -0.790. The first-order chi connectivity index (χ1) is 7.77. The summed E-state index contributed by atoms with van der Waals surface area (Å²) in [5.74, 6) is -0.666. The molecule has 0 unspecified atom stereocenters. The van der Waals surface area contributed by atoms with Crippen LogP contribution in [0.2, 0.25) is 0 Å². The average Bonchev–Trinajstić information content (AvgIpc) is 2.25. The van der Waals surface area contributed by atoms with Crippen LogP contribution in [0.1, 0.15) is 71.1 Å². The Morgan fingerprint density at radius 2 is 1.50 bits per heavy atom. The van der Waals surface area contributed by atoms with Crippen molar-refractivity contribution in [2.24, 2.45) is 0 Å². The molecule has 0 aromatic heterocycles. The monoisotopic (exact) mass is 226 g/mol. The molecule has 0 saturated carbocycles. The fourth-order valence-corrected chi connectivity index (χ4v) is 1.65. The summed E-state index contributed by atoms with van der Waals surface area (Å²) in [7, 11) is 0. The van der Waals surface area contributed by atoms with E-state index in [1.165, 1.54) is 44.9 Å². The molecule has 2 nitrogen and oxygen atoms in total. The lowest BCUT2D eigenvalue weighted by molar-refractivity contribution is -0.137. The first-order valence-corrected chi connectivity index (χ1v) is 6.64. The molecule has 0 rings (SSSR count). The summed E-state index contributed by atoms with van der Waals surface area (Å²) in [5, 5.41) is 8.45. The maximum atomic E-state index is 10.3. The van der Waals surface area contributed by atoms with Crippen LogP contribution in [0.25, 0.3) is 0 Å². The van der Waals surface area contributed by atoms with Gasteiger partial charge in [0.15, 0.2) is 0 Å². The lowest BCUT2D eigenvalue weighted by atomic mass is 10.1. The predicted molar refractivity (Wildman–Crippen MR) is 68.6 cm³/mol. The van der Waals surface area contributed by atoms with Crippen LogP contribution in [0.3, 0.4) is 0 Å². The average molecular weight is 226 g/mol. The first-order valence-electron chi connectivity index (χ1n) is 6.64. The molecule has 0 radical (unpaired) electrons. The number of unbranched alkanes of at least 4 members (excludes halogenated alkanes) is 7. The van der Waals surface area contributed by atoms with Crippen molar-refractivity contribution >= 4 is 5.97 Å². The third kappa shape index (κ3) is 13.2. The first kappa shape index (κ1) is 15.2. The van der Waals surface area contributed by atoms with Crippen molar-refractivity contribution in [3.8, 4) is 0 Å². The second-order valence-corrected chi connectivity index (χ2v) is 4.31. The van der Waals surface area contributed by atoms with E-state index < -0.39 is 5.97 Å². The van der Waals surface area contributed by atoms with Gasteiger partial charge in [0.05, 0.1) is 0 Å². The number of hydrogen-bond donors (Lipinski definition) is 1. The second kappa shape index (κ2) is 12.3. The molecule has 0 fully saturated rings. The molecule has 0 aliphatic carbocycles. The van der Waals surface area contributed by atoms with Crippen LogP contribution in [0.5, 0.6) is 0 Å². The quantitative estimate of drug-likeness (QED) is 0.414. The van der Waals surface area contributed by atoms with Gasteiger partial charge in [-0.3, -0.25) is 4.79 Å². The summed E-state index contributed by atoms with van der Waals surface area (Å²) < 4.78 is 0. The Bertz CT molecular complexity index is 185. The summed E-state index contributed by atoms with van der Waals surface area (Å²) in [6.45, 7) is 2.20. The zero-order valence-corrected chi connectivity index (χ0v) is 10.6. The van der Waals surface area contributed by atoms with E-state index in [-0.39, 0.29) is 0 Å². The van der Waals surface area contributed by atoms with Crippen molar-refractivity contribution in [3.05, 3.63) is 12.2 Å². The molecular formula is C14H26O2. The molecule has 0 atom stereocenters. The Labute approximate surface area is 99.7 Å². The van der Waals surface area contributed by atoms with E-state index in [9.17, 15) is 4.79 Å². The van der Waals surface area contributed by atoms with Gasteiger partial charge in [-0.05, 0) is 25.7 Å². The molecule has 0 saturated heterocycles. The molecule has 16 heavy (non-hydrogen) atoms. The van der Waals surface area contributed by atoms with E-state index in [2.05, 4.69) is 19.1 Å². The molecule has 0 amide bonds. The maximum Gasteiger partial charge on any atom is 0.303 e. The number of allylic oxidation sites excluding steroid dienone is 2. The van der Waals surface area contributed by atoms with Gasteiger partial charge >= 0.3 is 5.97 Å². The van der Waals surface area contributed by atoms with E-state index >= 15 is 0 Å². The van der Waals surface area contributed by atoms with Crippen LogP contribution in [0, 0.1) is 0 Å². The van der Waals surface area contributed by atoms with Crippen LogP contribution in [-0.4, -0.2) is 11.1 Å². The minimum atomic E-state index is -0.666. The molecule has 2 heteroatoms. The van der Waals surface area contributed by atoms with Gasteiger partial charge in [-0.25, -0.2) is 0 Å². The van der Waals surface area contributed by atoms with Crippen LogP contribution >= 0.6 is 0 Å². The predicted octanol–water partition coefficient (Wildman–Crippen LogP) is 4.55. The summed E-state index contributed by atoms with van der Waals surface area (Å²) in [4.78, 5) is 10.3. The molecular weight excluding hydrogens is 200 g/mol. The van der Waals surface area contributed by atoms with Gasteiger partial charge in [0.25, 0.3) is 0 Å². The highest BCUT2D eigenvalue weighted by Crippen LogP contribution is 2.09. The van der Waals surface area contributed by atoms with Crippen molar-refractivity contribution in [2.45, 2.75) is 71.1 Å². The maximum absolute atomic E-state index is 10.3. The number of aliphatic carboxylic acids is 1. The second-order valence-electron chi connectivity index (χ2n) is 4.31. The van der Waals surface area contributed by atoms with E-state index in [0.29, 0.717) is 6.42 Å². The molecule has 0 aliphatic heterocycles. The third-order valence-electron chi connectivity index (χ3n) is 2.63. The molecule has 0 aromatic carbocycles. The molecule has 0 bridgehead atoms. The number of carboxylic acids is 1. The minimum absolute atomic E-state index is 0.333. The van der Waals surface area contributed by atoms with Crippen molar-refractivity contribution in [2.75, 3.05) is 0 Å². The van der Waals surface area contributed by atoms with Gasteiger partial charge in [-0.15, -0.1) is 0 Å². The van der Waals surface area contributed by atoms with Gasteiger partial charge in [0.2, 0.25) is 0 Å². The fourth-order valence-electron chi connectivity index (χ4n) is 1.65. The van der Waals surface area contributed by atoms with E-state index in [4.69, 9.17) is 5.11 Å². The summed E-state index contributed by atoms with van der Waals surface area (Å²) in [5.41, 5.74) is 0.